The van der Waals surface area contributed by atoms with Crippen molar-refractivity contribution < 1.29 is 18.3 Å². The number of carbonyl (C=O) groups is 1. The van der Waals surface area contributed by atoms with Crippen LogP contribution in [0.15, 0.2) is 12.2 Å². The minimum Gasteiger partial charge on any atom is -0.481 e. The lowest BCUT2D eigenvalue weighted by Gasteiger charge is -2.19. The highest BCUT2D eigenvalue weighted by Crippen LogP contribution is 2.07. The average molecular weight is 235 g/mol. The van der Waals surface area contributed by atoms with E-state index in [2.05, 4.69) is 6.58 Å². The van der Waals surface area contributed by atoms with E-state index in [0.29, 0.717) is 5.57 Å². The second-order valence-electron chi connectivity index (χ2n) is 3.73. The predicted molar refractivity (Wildman–Crippen MR) is 58.0 cm³/mol. The molecule has 6 heteroatoms. The molecule has 0 radical (unpaired) electrons. The van der Waals surface area contributed by atoms with E-state index in [0.717, 1.165) is 4.31 Å². The van der Waals surface area contributed by atoms with E-state index in [1.54, 1.807) is 6.92 Å². The van der Waals surface area contributed by atoms with Gasteiger partial charge in [-0.05, 0) is 6.92 Å². The summed E-state index contributed by atoms with van der Waals surface area (Å²) in [5, 5.41) is 8.64. The molecule has 15 heavy (non-hydrogen) atoms. The van der Waals surface area contributed by atoms with E-state index in [4.69, 9.17) is 5.11 Å². The number of sulfonamides is 1. The Kier molecular flexibility index (Phi) is 4.96. The Hall–Kier alpha value is -0.880. The summed E-state index contributed by atoms with van der Waals surface area (Å²) in [6.07, 6.45) is 0. The molecule has 1 N–H and O–H groups in total. The summed E-state index contributed by atoms with van der Waals surface area (Å²) in [6, 6.07) is 0. The summed E-state index contributed by atoms with van der Waals surface area (Å²) >= 11 is 0. The zero-order chi connectivity index (χ0) is 12.2. The van der Waals surface area contributed by atoms with Crippen molar-refractivity contribution in [3.8, 4) is 0 Å². The molecule has 0 bridgehead atoms. The van der Waals surface area contributed by atoms with Crippen LogP contribution < -0.4 is 0 Å². The van der Waals surface area contributed by atoms with Crippen molar-refractivity contribution in [3.05, 3.63) is 12.2 Å². The summed E-state index contributed by atoms with van der Waals surface area (Å²) in [5.41, 5.74) is 0.532. The summed E-state index contributed by atoms with van der Waals surface area (Å²) in [7, 11) is -2.04. The fourth-order valence-corrected chi connectivity index (χ4v) is 2.29. The van der Waals surface area contributed by atoms with Crippen LogP contribution in [0, 0.1) is 5.92 Å². The van der Waals surface area contributed by atoms with Gasteiger partial charge in [-0.25, -0.2) is 12.7 Å². The van der Waals surface area contributed by atoms with Gasteiger partial charge in [-0.15, -0.1) is 0 Å². The average Bonchev–Trinajstić information content (AvgIpc) is 2.01. The van der Waals surface area contributed by atoms with E-state index < -0.39 is 21.9 Å². The highest BCUT2D eigenvalue weighted by atomic mass is 32.2. The molecule has 0 heterocycles. The van der Waals surface area contributed by atoms with Crippen LogP contribution in [0.4, 0.5) is 0 Å². The van der Waals surface area contributed by atoms with Gasteiger partial charge in [0.05, 0.1) is 11.7 Å². The maximum Gasteiger partial charge on any atom is 0.307 e. The Labute approximate surface area is 90.4 Å². The Morgan fingerprint density at radius 3 is 2.33 bits per heavy atom. The third-order valence-electron chi connectivity index (χ3n) is 1.86. The van der Waals surface area contributed by atoms with Crippen molar-refractivity contribution in [1.82, 2.24) is 4.31 Å². The summed E-state index contributed by atoms with van der Waals surface area (Å²) in [5.74, 6) is -1.86. The summed E-state index contributed by atoms with van der Waals surface area (Å²) < 4.78 is 24.2. The molecule has 5 nitrogen and oxygen atoms in total. The number of rotatable bonds is 6. The quantitative estimate of drug-likeness (QED) is 0.682. The smallest absolute Gasteiger partial charge is 0.307 e. The zero-order valence-electron chi connectivity index (χ0n) is 9.23. The number of hydrogen-bond acceptors (Lipinski definition) is 3. The van der Waals surface area contributed by atoms with E-state index in [9.17, 15) is 13.2 Å². The van der Waals surface area contributed by atoms with Crippen LogP contribution >= 0.6 is 0 Å². The predicted octanol–water partition coefficient (Wildman–Crippen LogP) is 0.545. The van der Waals surface area contributed by atoms with Gasteiger partial charge in [0.15, 0.2) is 0 Å². The Morgan fingerprint density at radius 2 is 2.00 bits per heavy atom. The van der Waals surface area contributed by atoms with Crippen LogP contribution in [-0.4, -0.2) is 43.1 Å². The minimum atomic E-state index is -3.42. The highest BCUT2D eigenvalue weighted by molar-refractivity contribution is 7.89. The Bertz CT molecular complexity index is 347. The molecule has 0 spiro atoms. The van der Waals surface area contributed by atoms with E-state index in [1.165, 1.54) is 14.0 Å². The normalized spacial score (nSPS) is 13.9. The van der Waals surface area contributed by atoms with Crippen molar-refractivity contribution in [2.24, 2.45) is 5.92 Å². The van der Waals surface area contributed by atoms with Gasteiger partial charge in [0.25, 0.3) is 0 Å². The number of carboxylic acid groups (broad SMARTS) is 1. The van der Waals surface area contributed by atoms with Crippen LogP contribution in [0.3, 0.4) is 0 Å². The molecule has 1 unspecified atom stereocenters. The molecule has 88 valence electrons. The molecule has 0 rings (SSSR count). The molecule has 0 saturated heterocycles. The topological polar surface area (TPSA) is 74.7 Å². The van der Waals surface area contributed by atoms with E-state index in [-0.39, 0.29) is 12.3 Å². The van der Waals surface area contributed by atoms with Crippen LogP contribution in [0.1, 0.15) is 13.8 Å². The minimum absolute atomic E-state index is 0.0229. The first-order chi connectivity index (χ1) is 6.66. The van der Waals surface area contributed by atoms with Gasteiger partial charge >= 0.3 is 5.97 Å². The van der Waals surface area contributed by atoms with Crippen LogP contribution in [0.25, 0.3) is 0 Å². The van der Waals surface area contributed by atoms with Gasteiger partial charge < -0.3 is 5.11 Å². The first-order valence-corrected chi connectivity index (χ1v) is 6.09. The summed E-state index contributed by atoms with van der Waals surface area (Å²) in [6.45, 7) is 6.58. The second-order valence-corrected chi connectivity index (χ2v) is 5.81. The third kappa shape index (κ3) is 4.94. The number of hydrogen-bond donors (Lipinski definition) is 1. The molecule has 0 aliphatic heterocycles. The van der Waals surface area contributed by atoms with E-state index >= 15 is 0 Å². The lowest BCUT2D eigenvalue weighted by Crippen LogP contribution is -2.35. The Morgan fingerprint density at radius 1 is 1.53 bits per heavy atom. The molecule has 0 aliphatic carbocycles. The lowest BCUT2D eigenvalue weighted by atomic mass is 10.2. The van der Waals surface area contributed by atoms with Gasteiger partial charge in [0.1, 0.15) is 0 Å². The van der Waals surface area contributed by atoms with Gasteiger partial charge in [-0.3, -0.25) is 4.79 Å². The van der Waals surface area contributed by atoms with E-state index in [1.807, 2.05) is 0 Å². The fraction of sp³-hybridized carbons (Fsp3) is 0.667. The van der Waals surface area contributed by atoms with Crippen molar-refractivity contribution in [2.45, 2.75) is 13.8 Å². The standard InChI is InChI=1S/C9H17NO4S/c1-7(2)6-15(13,14)10(4)5-8(3)9(11)12/h8H,1,5-6H2,2-4H3,(H,11,12). The maximum absolute atomic E-state index is 11.6. The molecular formula is C9H17NO4S. The molecule has 0 fully saturated rings. The van der Waals surface area contributed by atoms with Gasteiger partial charge in [-0.1, -0.05) is 19.1 Å². The maximum atomic E-state index is 11.6. The number of nitrogens with zero attached hydrogens (tertiary/aromatic N) is 1. The number of aliphatic carboxylic acids is 1. The molecule has 0 aromatic heterocycles. The van der Waals surface area contributed by atoms with Crippen LogP contribution in [0.5, 0.6) is 0 Å². The molecule has 1 atom stereocenters. The lowest BCUT2D eigenvalue weighted by molar-refractivity contribution is -0.141. The molecule has 0 aliphatic rings. The monoisotopic (exact) mass is 235 g/mol. The van der Waals surface area contributed by atoms with Crippen molar-refractivity contribution in [1.29, 1.82) is 0 Å². The first kappa shape index (κ1) is 14.1. The SMILES string of the molecule is C=C(C)CS(=O)(=O)N(C)CC(C)C(=O)O. The van der Waals surface area contributed by atoms with Crippen molar-refractivity contribution >= 4 is 16.0 Å². The van der Waals surface area contributed by atoms with Gasteiger partial charge in [0.2, 0.25) is 10.0 Å². The highest BCUT2D eigenvalue weighted by Gasteiger charge is 2.22. The van der Waals surface area contributed by atoms with Crippen molar-refractivity contribution in [2.75, 3.05) is 19.3 Å². The van der Waals surface area contributed by atoms with Crippen molar-refractivity contribution in [3.63, 3.8) is 0 Å². The zero-order valence-corrected chi connectivity index (χ0v) is 10.0. The fourth-order valence-electron chi connectivity index (χ4n) is 0.999. The largest absolute Gasteiger partial charge is 0.481 e. The second kappa shape index (κ2) is 5.27. The molecule has 0 saturated carbocycles. The molecule has 0 aromatic carbocycles. The first-order valence-electron chi connectivity index (χ1n) is 4.48. The van der Waals surface area contributed by atoms with Gasteiger partial charge in [-0.2, -0.15) is 0 Å². The molecule has 0 aromatic rings. The molecular weight excluding hydrogens is 218 g/mol. The van der Waals surface area contributed by atoms with Gasteiger partial charge in [0, 0.05) is 13.6 Å². The van der Waals surface area contributed by atoms with Crippen LogP contribution in [0.2, 0.25) is 0 Å². The summed E-state index contributed by atoms with van der Waals surface area (Å²) in [4.78, 5) is 10.5. The Balaban J connectivity index is 4.51. The third-order valence-corrected chi connectivity index (χ3v) is 3.81. The number of carboxylic acids is 1. The molecule has 0 amide bonds. The van der Waals surface area contributed by atoms with Crippen LogP contribution in [-0.2, 0) is 14.8 Å².